The maximum atomic E-state index is 11.5. The molecule has 16 heavy (non-hydrogen) atoms. The van der Waals surface area contributed by atoms with Gasteiger partial charge in [0, 0.05) is 5.69 Å². The van der Waals surface area contributed by atoms with Crippen molar-refractivity contribution in [3.8, 4) is 0 Å². The van der Waals surface area contributed by atoms with E-state index in [2.05, 4.69) is 21.2 Å². The summed E-state index contributed by atoms with van der Waals surface area (Å²) < 4.78 is 0. The first-order chi connectivity index (χ1) is 7.54. The molecule has 0 aliphatic rings. The van der Waals surface area contributed by atoms with E-state index in [1.54, 1.807) is 0 Å². The number of hydrogen-bond acceptors (Lipinski definition) is 2. The lowest BCUT2D eigenvalue weighted by Crippen LogP contribution is -2.18. The van der Waals surface area contributed by atoms with Crippen LogP contribution in [0.5, 0.6) is 0 Å². The van der Waals surface area contributed by atoms with Gasteiger partial charge in [0.25, 0.3) is 0 Å². The number of Topliss-reactive ketones (excluding diaryl/α,β-unsaturated/α-hetero) is 1. The van der Waals surface area contributed by atoms with Crippen LogP contribution in [0.2, 0.25) is 0 Å². The number of rotatable bonds is 4. The van der Waals surface area contributed by atoms with E-state index >= 15 is 0 Å². The smallest absolute Gasteiger partial charge is 0.231 e. The summed E-state index contributed by atoms with van der Waals surface area (Å²) in [6, 6.07) is 5.79. The van der Waals surface area contributed by atoms with Gasteiger partial charge in [-0.3, -0.25) is 9.59 Å². The van der Waals surface area contributed by atoms with E-state index in [4.69, 9.17) is 0 Å². The second kappa shape index (κ2) is 5.80. The van der Waals surface area contributed by atoms with Crippen LogP contribution in [0.4, 0.5) is 5.69 Å². The van der Waals surface area contributed by atoms with Crippen LogP contribution in [0.15, 0.2) is 18.2 Å². The van der Waals surface area contributed by atoms with Gasteiger partial charge < -0.3 is 5.32 Å². The van der Waals surface area contributed by atoms with E-state index in [9.17, 15) is 9.59 Å². The molecule has 1 amide bonds. The Morgan fingerprint density at radius 3 is 2.31 bits per heavy atom. The highest BCUT2D eigenvalue weighted by Crippen LogP contribution is 2.19. The third kappa shape index (κ3) is 3.45. The average molecular weight is 284 g/mol. The Morgan fingerprint density at radius 1 is 1.25 bits per heavy atom. The van der Waals surface area contributed by atoms with Gasteiger partial charge in [-0.1, -0.05) is 34.1 Å². The number of hydrogen-bond donors (Lipinski definition) is 1. The Morgan fingerprint density at radius 2 is 1.81 bits per heavy atom. The Labute approximate surface area is 103 Å². The molecule has 0 radical (unpaired) electrons. The molecule has 0 spiro atoms. The highest BCUT2D eigenvalue weighted by Gasteiger charge is 2.10. The molecule has 0 heterocycles. The van der Waals surface area contributed by atoms with Crippen molar-refractivity contribution in [3.63, 3.8) is 0 Å². The van der Waals surface area contributed by atoms with Crippen molar-refractivity contribution in [3.05, 3.63) is 29.3 Å². The van der Waals surface area contributed by atoms with Crippen molar-refractivity contribution in [1.82, 2.24) is 0 Å². The van der Waals surface area contributed by atoms with E-state index in [-0.39, 0.29) is 23.4 Å². The van der Waals surface area contributed by atoms with Gasteiger partial charge in [0.15, 0.2) is 5.78 Å². The highest BCUT2D eigenvalue weighted by molar-refractivity contribution is 9.09. The molecule has 0 unspecified atom stereocenters. The van der Waals surface area contributed by atoms with Crippen molar-refractivity contribution in [2.24, 2.45) is 0 Å². The number of halogens is 1. The number of nitrogens with one attached hydrogen (secondary N) is 1. The Balaban J connectivity index is 2.73. The van der Waals surface area contributed by atoms with E-state index in [1.807, 2.05) is 32.0 Å². The third-order valence-electron chi connectivity index (χ3n) is 2.25. The number of ketones is 1. The van der Waals surface area contributed by atoms with Crippen molar-refractivity contribution in [1.29, 1.82) is 0 Å². The zero-order valence-electron chi connectivity index (χ0n) is 9.34. The van der Waals surface area contributed by atoms with Crippen LogP contribution in [-0.4, -0.2) is 17.0 Å². The number of carbonyl (C=O) groups is 2. The summed E-state index contributed by atoms with van der Waals surface area (Å²) in [6.45, 7) is 3.85. The van der Waals surface area contributed by atoms with Gasteiger partial charge in [-0.25, -0.2) is 0 Å². The van der Waals surface area contributed by atoms with Crippen LogP contribution in [0.1, 0.15) is 17.5 Å². The van der Waals surface area contributed by atoms with E-state index in [0.717, 1.165) is 16.8 Å². The van der Waals surface area contributed by atoms with Crippen molar-refractivity contribution in [2.45, 2.75) is 20.3 Å². The van der Waals surface area contributed by atoms with Gasteiger partial charge in [-0.2, -0.15) is 0 Å². The number of alkyl halides is 1. The van der Waals surface area contributed by atoms with Gasteiger partial charge >= 0.3 is 0 Å². The zero-order valence-corrected chi connectivity index (χ0v) is 10.9. The predicted molar refractivity (Wildman–Crippen MR) is 68.0 cm³/mol. The molecule has 1 rings (SSSR count). The normalized spacial score (nSPS) is 9.94. The van der Waals surface area contributed by atoms with Gasteiger partial charge in [0.2, 0.25) is 5.91 Å². The summed E-state index contributed by atoms with van der Waals surface area (Å²) in [5.41, 5.74) is 2.80. The Kier molecular flexibility index (Phi) is 4.68. The summed E-state index contributed by atoms with van der Waals surface area (Å²) >= 11 is 3.03. The third-order valence-corrected chi connectivity index (χ3v) is 2.88. The minimum absolute atomic E-state index is 0.0843. The largest absolute Gasteiger partial charge is 0.325 e. The standard InChI is InChI=1S/C12H14BrNO2/c1-8-4-3-5-9(2)12(8)14-11(16)6-10(15)7-13/h3-5H,6-7H2,1-2H3,(H,14,16). The fraction of sp³-hybridized carbons (Fsp3) is 0.333. The molecule has 86 valence electrons. The number of aryl methyl sites for hydroxylation is 2. The number of carbonyl (C=O) groups excluding carboxylic acids is 2. The fourth-order valence-electron chi connectivity index (χ4n) is 1.42. The van der Waals surface area contributed by atoms with Crippen LogP contribution in [-0.2, 0) is 9.59 Å². The van der Waals surface area contributed by atoms with Crippen LogP contribution >= 0.6 is 15.9 Å². The molecule has 3 nitrogen and oxygen atoms in total. The number of para-hydroxylation sites is 1. The van der Waals surface area contributed by atoms with Gasteiger partial charge in [-0.15, -0.1) is 0 Å². The van der Waals surface area contributed by atoms with E-state index < -0.39 is 0 Å². The topological polar surface area (TPSA) is 46.2 Å². The second-order valence-electron chi connectivity index (χ2n) is 3.66. The summed E-state index contributed by atoms with van der Waals surface area (Å²) in [7, 11) is 0. The Bertz CT molecular complexity index is 395. The molecule has 0 aliphatic heterocycles. The molecule has 0 fully saturated rings. The minimum atomic E-state index is -0.262. The summed E-state index contributed by atoms with van der Waals surface area (Å²) in [5.74, 6) is -0.384. The van der Waals surface area contributed by atoms with E-state index in [1.165, 1.54) is 0 Å². The fourth-order valence-corrected chi connectivity index (χ4v) is 1.62. The zero-order chi connectivity index (χ0) is 12.1. The molecular formula is C12H14BrNO2. The second-order valence-corrected chi connectivity index (χ2v) is 4.22. The average Bonchev–Trinajstić information content (AvgIpc) is 2.23. The molecule has 1 aromatic rings. The number of anilines is 1. The van der Waals surface area contributed by atoms with Crippen molar-refractivity contribution >= 4 is 33.3 Å². The van der Waals surface area contributed by atoms with Crippen LogP contribution in [0.25, 0.3) is 0 Å². The maximum Gasteiger partial charge on any atom is 0.231 e. The molecule has 4 heteroatoms. The summed E-state index contributed by atoms with van der Waals surface area (Å²) in [4.78, 5) is 22.6. The monoisotopic (exact) mass is 283 g/mol. The van der Waals surface area contributed by atoms with Gasteiger partial charge in [0.05, 0.1) is 11.8 Å². The first-order valence-corrected chi connectivity index (χ1v) is 6.10. The quantitative estimate of drug-likeness (QED) is 0.682. The molecular weight excluding hydrogens is 270 g/mol. The Hall–Kier alpha value is -1.16. The van der Waals surface area contributed by atoms with Crippen LogP contribution < -0.4 is 5.32 Å². The van der Waals surface area contributed by atoms with Crippen molar-refractivity contribution in [2.75, 3.05) is 10.6 Å². The minimum Gasteiger partial charge on any atom is -0.325 e. The molecule has 0 saturated carbocycles. The SMILES string of the molecule is Cc1cccc(C)c1NC(=O)CC(=O)CBr. The van der Waals surface area contributed by atoms with Gasteiger partial charge in [0.1, 0.15) is 0 Å². The highest BCUT2D eigenvalue weighted by atomic mass is 79.9. The molecule has 0 atom stereocenters. The predicted octanol–water partition coefficient (Wildman–Crippen LogP) is 2.60. The number of benzene rings is 1. The first-order valence-electron chi connectivity index (χ1n) is 4.98. The number of amides is 1. The first kappa shape index (κ1) is 12.9. The molecule has 0 aromatic heterocycles. The van der Waals surface area contributed by atoms with Gasteiger partial charge in [-0.05, 0) is 25.0 Å². The van der Waals surface area contributed by atoms with Crippen molar-refractivity contribution < 1.29 is 9.59 Å². The molecule has 1 N–H and O–H groups in total. The maximum absolute atomic E-state index is 11.5. The van der Waals surface area contributed by atoms with Crippen LogP contribution in [0, 0.1) is 13.8 Å². The summed E-state index contributed by atoms with van der Waals surface area (Å²) in [5, 5.41) is 2.98. The van der Waals surface area contributed by atoms with Crippen LogP contribution in [0.3, 0.4) is 0 Å². The summed E-state index contributed by atoms with van der Waals surface area (Å²) in [6.07, 6.45) is -0.0843. The molecule has 0 saturated heterocycles. The lowest BCUT2D eigenvalue weighted by Gasteiger charge is -2.10. The molecule has 0 bridgehead atoms. The molecule has 1 aromatic carbocycles. The van der Waals surface area contributed by atoms with E-state index in [0.29, 0.717) is 0 Å². The molecule has 0 aliphatic carbocycles. The lowest BCUT2D eigenvalue weighted by atomic mass is 10.1. The lowest BCUT2D eigenvalue weighted by molar-refractivity contribution is -0.123.